The van der Waals surface area contributed by atoms with Gasteiger partial charge in [0.1, 0.15) is 10.8 Å². The van der Waals surface area contributed by atoms with Gasteiger partial charge in [-0.1, -0.05) is 55.8 Å². The van der Waals surface area contributed by atoms with Gasteiger partial charge in [-0.05, 0) is 11.6 Å². The normalized spacial score (nSPS) is 18.3. The van der Waals surface area contributed by atoms with Crippen LogP contribution in [-0.2, 0) is 16.9 Å². The van der Waals surface area contributed by atoms with Gasteiger partial charge in [-0.2, -0.15) is 0 Å². The molecule has 132 valence electrons. The van der Waals surface area contributed by atoms with Crippen molar-refractivity contribution >= 4 is 17.6 Å². The molecule has 0 N–H and O–H groups in total. The smallest absolute Gasteiger partial charge is 0.341 e. The molecule has 0 unspecified atom stereocenters. The fraction of sp³-hybridized carbons (Fsp3) is 0.400. The summed E-state index contributed by atoms with van der Waals surface area (Å²) in [6, 6.07) is 12.2. The third kappa shape index (κ3) is 3.55. The van der Waals surface area contributed by atoms with Crippen LogP contribution >= 0.6 is 11.6 Å². The van der Waals surface area contributed by atoms with Crippen LogP contribution in [0.15, 0.2) is 42.6 Å². The molecule has 0 atom stereocenters. The summed E-state index contributed by atoms with van der Waals surface area (Å²) in [6.07, 6.45) is 3.11. The predicted molar refractivity (Wildman–Crippen MR) is 98.6 cm³/mol. The Kier molecular flexibility index (Phi) is 5.40. The van der Waals surface area contributed by atoms with Crippen LogP contribution < -0.4 is 0 Å². The van der Waals surface area contributed by atoms with Crippen LogP contribution in [0.3, 0.4) is 0 Å². The second-order valence-electron chi connectivity index (χ2n) is 6.20. The van der Waals surface area contributed by atoms with Gasteiger partial charge in [0, 0.05) is 44.2 Å². The SMILES string of the molecule is CC.O=C1OC2(CCN(Cc3ccccc3)CC2)c2cc(Cl)ncc21. The van der Waals surface area contributed by atoms with Crippen LogP contribution in [0, 0.1) is 0 Å². The zero-order chi connectivity index (χ0) is 17.9. The first-order valence-electron chi connectivity index (χ1n) is 8.82. The summed E-state index contributed by atoms with van der Waals surface area (Å²) in [5.41, 5.74) is 2.25. The van der Waals surface area contributed by atoms with Crippen molar-refractivity contribution in [3.63, 3.8) is 0 Å². The summed E-state index contributed by atoms with van der Waals surface area (Å²) >= 11 is 6.02. The maximum atomic E-state index is 12.1. The van der Waals surface area contributed by atoms with Crippen molar-refractivity contribution in [3.8, 4) is 0 Å². The van der Waals surface area contributed by atoms with Crippen molar-refractivity contribution in [2.75, 3.05) is 13.1 Å². The molecule has 4 rings (SSSR count). The quantitative estimate of drug-likeness (QED) is 0.588. The van der Waals surface area contributed by atoms with Crippen molar-refractivity contribution in [1.82, 2.24) is 9.88 Å². The summed E-state index contributed by atoms with van der Waals surface area (Å²) < 4.78 is 5.75. The van der Waals surface area contributed by atoms with Crippen molar-refractivity contribution in [3.05, 3.63) is 64.4 Å². The molecule has 0 bridgehead atoms. The fourth-order valence-electron chi connectivity index (χ4n) is 3.54. The van der Waals surface area contributed by atoms with Gasteiger partial charge in [0.05, 0.1) is 5.56 Å². The number of carbonyl (C=O) groups is 1. The molecule has 1 saturated heterocycles. The number of aromatic nitrogens is 1. The molecule has 2 aliphatic heterocycles. The Labute approximate surface area is 153 Å². The van der Waals surface area contributed by atoms with E-state index in [0.29, 0.717) is 10.7 Å². The Hall–Kier alpha value is -1.91. The number of esters is 1. The minimum absolute atomic E-state index is 0.277. The van der Waals surface area contributed by atoms with E-state index >= 15 is 0 Å². The number of nitrogens with zero attached hydrogens (tertiary/aromatic N) is 2. The lowest BCUT2D eigenvalue weighted by Gasteiger charge is -2.38. The number of ether oxygens (including phenoxy) is 1. The third-order valence-corrected chi connectivity index (χ3v) is 4.99. The van der Waals surface area contributed by atoms with Crippen LogP contribution in [0.4, 0.5) is 0 Å². The van der Waals surface area contributed by atoms with Gasteiger partial charge in [0.15, 0.2) is 0 Å². The largest absolute Gasteiger partial charge is 0.450 e. The Balaban J connectivity index is 0.000000880. The molecule has 1 spiro atoms. The summed E-state index contributed by atoms with van der Waals surface area (Å²) in [5.74, 6) is -0.277. The minimum atomic E-state index is -0.522. The third-order valence-electron chi connectivity index (χ3n) is 4.78. The number of likely N-dealkylation sites (tertiary alicyclic amines) is 1. The van der Waals surface area contributed by atoms with Gasteiger partial charge in [0.2, 0.25) is 0 Å². The lowest BCUT2D eigenvalue weighted by Crippen LogP contribution is -2.42. The summed E-state index contributed by atoms with van der Waals surface area (Å²) in [6.45, 7) is 6.71. The van der Waals surface area contributed by atoms with Gasteiger partial charge in [-0.15, -0.1) is 0 Å². The molecule has 2 aromatic rings. The highest BCUT2D eigenvalue weighted by Gasteiger charge is 2.47. The van der Waals surface area contributed by atoms with E-state index in [-0.39, 0.29) is 5.97 Å². The first-order valence-corrected chi connectivity index (χ1v) is 9.20. The highest BCUT2D eigenvalue weighted by molar-refractivity contribution is 6.29. The highest BCUT2D eigenvalue weighted by atomic mass is 35.5. The molecule has 4 nitrogen and oxygen atoms in total. The number of halogens is 1. The van der Waals surface area contributed by atoms with Gasteiger partial charge in [-0.3, -0.25) is 4.90 Å². The maximum absolute atomic E-state index is 12.1. The van der Waals surface area contributed by atoms with Crippen LogP contribution in [0.25, 0.3) is 0 Å². The van der Waals surface area contributed by atoms with E-state index in [0.717, 1.165) is 38.0 Å². The zero-order valence-electron chi connectivity index (χ0n) is 14.7. The summed E-state index contributed by atoms with van der Waals surface area (Å²) in [4.78, 5) is 18.5. The molecule has 1 aromatic carbocycles. The monoisotopic (exact) mass is 358 g/mol. The average molecular weight is 359 g/mol. The van der Waals surface area contributed by atoms with E-state index in [2.05, 4.69) is 34.1 Å². The number of piperidine rings is 1. The molecule has 1 fully saturated rings. The number of benzene rings is 1. The Morgan fingerprint density at radius 3 is 2.56 bits per heavy atom. The maximum Gasteiger partial charge on any atom is 0.341 e. The Morgan fingerprint density at radius 1 is 1.20 bits per heavy atom. The topological polar surface area (TPSA) is 42.4 Å². The van der Waals surface area contributed by atoms with E-state index in [9.17, 15) is 4.79 Å². The Morgan fingerprint density at radius 2 is 1.88 bits per heavy atom. The van der Waals surface area contributed by atoms with E-state index in [1.54, 1.807) is 6.07 Å². The molecule has 25 heavy (non-hydrogen) atoms. The number of carbonyl (C=O) groups excluding carboxylic acids is 1. The number of hydrogen-bond donors (Lipinski definition) is 0. The number of rotatable bonds is 2. The van der Waals surface area contributed by atoms with Crippen LogP contribution in [-0.4, -0.2) is 28.9 Å². The highest BCUT2D eigenvalue weighted by Crippen LogP contribution is 2.44. The van der Waals surface area contributed by atoms with E-state index in [4.69, 9.17) is 16.3 Å². The van der Waals surface area contributed by atoms with Crippen LogP contribution in [0.5, 0.6) is 0 Å². The standard InChI is InChI=1S/C18H17ClN2O2.C2H6/c19-16-10-15-14(11-20-16)17(22)23-18(15)6-8-21(9-7-18)12-13-4-2-1-3-5-13;1-2/h1-5,10-11H,6-9,12H2;1-2H3. The zero-order valence-corrected chi connectivity index (χ0v) is 15.4. The van der Waals surface area contributed by atoms with Crippen LogP contribution in [0.2, 0.25) is 5.15 Å². The molecule has 5 heteroatoms. The van der Waals surface area contributed by atoms with Gasteiger partial charge < -0.3 is 4.74 Å². The molecule has 0 saturated carbocycles. The second-order valence-corrected chi connectivity index (χ2v) is 6.59. The number of hydrogen-bond acceptors (Lipinski definition) is 4. The van der Waals surface area contributed by atoms with Crippen molar-refractivity contribution in [1.29, 1.82) is 0 Å². The molecular weight excluding hydrogens is 336 g/mol. The Bertz CT molecular complexity index is 741. The van der Waals surface area contributed by atoms with E-state index in [1.165, 1.54) is 11.8 Å². The lowest BCUT2D eigenvalue weighted by molar-refractivity contribution is -0.0440. The van der Waals surface area contributed by atoms with E-state index < -0.39 is 5.60 Å². The van der Waals surface area contributed by atoms with Crippen molar-refractivity contribution in [2.24, 2.45) is 0 Å². The first-order chi connectivity index (χ1) is 12.2. The van der Waals surface area contributed by atoms with Crippen molar-refractivity contribution in [2.45, 2.75) is 38.8 Å². The van der Waals surface area contributed by atoms with Gasteiger partial charge in [-0.25, -0.2) is 9.78 Å². The fourth-order valence-corrected chi connectivity index (χ4v) is 3.70. The molecule has 0 radical (unpaired) electrons. The second kappa shape index (κ2) is 7.54. The molecule has 0 amide bonds. The average Bonchev–Trinajstić information content (AvgIpc) is 2.91. The lowest BCUT2D eigenvalue weighted by atomic mass is 9.84. The van der Waals surface area contributed by atoms with Crippen molar-refractivity contribution < 1.29 is 9.53 Å². The van der Waals surface area contributed by atoms with Gasteiger partial charge in [0.25, 0.3) is 0 Å². The molecule has 2 aliphatic rings. The molecule has 1 aromatic heterocycles. The van der Waals surface area contributed by atoms with Crippen LogP contribution in [0.1, 0.15) is 48.2 Å². The molecule has 0 aliphatic carbocycles. The molecule has 3 heterocycles. The first kappa shape index (κ1) is 17.9. The summed E-state index contributed by atoms with van der Waals surface area (Å²) in [5, 5.41) is 0.410. The summed E-state index contributed by atoms with van der Waals surface area (Å²) in [7, 11) is 0. The predicted octanol–water partition coefficient (Wildman–Crippen LogP) is 4.42. The number of fused-ring (bicyclic) bond motifs is 2. The molecular formula is C20H23ClN2O2. The van der Waals surface area contributed by atoms with E-state index in [1.807, 2.05) is 19.9 Å². The van der Waals surface area contributed by atoms with Gasteiger partial charge >= 0.3 is 5.97 Å². The minimum Gasteiger partial charge on any atom is -0.450 e. The number of pyridine rings is 1.